The van der Waals surface area contributed by atoms with Crippen LogP contribution in [0.4, 0.5) is 11.6 Å². The van der Waals surface area contributed by atoms with Crippen molar-refractivity contribution in [1.82, 2.24) is 19.8 Å². The van der Waals surface area contributed by atoms with Crippen molar-refractivity contribution < 1.29 is 17.7 Å². The molecule has 5 rings (SSSR count). The average Bonchev–Trinajstić information content (AvgIpc) is 3.52. The van der Waals surface area contributed by atoms with E-state index < -0.39 is 10.0 Å². The Kier molecular flexibility index (Phi) is 7.36. The molecule has 202 valence electrons. The van der Waals surface area contributed by atoms with Crippen LogP contribution in [-0.4, -0.2) is 34.8 Å². The Balaban J connectivity index is 1.48. The van der Waals surface area contributed by atoms with E-state index in [2.05, 4.69) is 25.3 Å². The van der Waals surface area contributed by atoms with Crippen LogP contribution in [0.3, 0.4) is 0 Å². The molecule has 0 fully saturated rings. The molecular formula is C28H30N6O4S. The summed E-state index contributed by atoms with van der Waals surface area (Å²) >= 11 is 0. The van der Waals surface area contributed by atoms with Gasteiger partial charge < -0.3 is 14.6 Å². The van der Waals surface area contributed by atoms with Crippen LogP contribution in [0.25, 0.3) is 16.8 Å². The fraction of sp³-hybridized carbons (Fsp3) is 0.250. The number of sulfonamides is 1. The highest BCUT2D eigenvalue weighted by Crippen LogP contribution is 2.33. The Hall–Kier alpha value is -4.22. The summed E-state index contributed by atoms with van der Waals surface area (Å²) in [6.45, 7) is 8.76. The van der Waals surface area contributed by atoms with Gasteiger partial charge in [-0.1, -0.05) is 41.6 Å². The lowest BCUT2D eigenvalue weighted by Gasteiger charge is -2.17. The molecular weight excluding hydrogens is 516 g/mol. The summed E-state index contributed by atoms with van der Waals surface area (Å²) in [6, 6.07) is 16.7. The van der Waals surface area contributed by atoms with E-state index in [1.54, 1.807) is 42.8 Å². The standard InChI is InChI=1S/C28H30N6O4S/c1-5-37-17-22-15-21(16-29-27-14-18(2)31-26-12-13-30-34(26)27)10-11-23(22)24-8-6-7-9-25(24)39(35,36)33-28-19(3)20(4)38-32-28/h6-15,29H,5,16-17H2,1-4H3,(H,32,33). The summed E-state index contributed by atoms with van der Waals surface area (Å²) < 4.78 is 42.2. The molecule has 0 aliphatic heterocycles. The minimum atomic E-state index is -3.96. The normalized spacial score (nSPS) is 11.7. The SMILES string of the molecule is CCOCc1cc(CNc2cc(C)nc3ccnn23)ccc1-c1ccccc1S(=O)(=O)Nc1noc(C)c1C. The number of hydrogen-bond acceptors (Lipinski definition) is 8. The third-order valence-electron chi connectivity index (χ3n) is 6.45. The van der Waals surface area contributed by atoms with Crippen molar-refractivity contribution in [3.63, 3.8) is 0 Å². The van der Waals surface area contributed by atoms with Gasteiger partial charge in [-0.2, -0.15) is 9.61 Å². The van der Waals surface area contributed by atoms with E-state index in [0.29, 0.717) is 36.6 Å². The lowest BCUT2D eigenvalue weighted by Crippen LogP contribution is -2.15. The number of nitrogens with zero attached hydrogens (tertiary/aromatic N) is 4. The molecule has 5 aromatic rings. The number of ether oxygens (including phenoxy) is 1. The molecule has 3 heterocycles. The van der Waals surface area contributed by atoms with Crippen molar-refractivity contribution in [2.24, 2.45) is 0 Å². The van der Waals surface area contributed by atoms with Crippen LogP contribution in [0.15, 0.2) is 70.2 Å². The maximum atomic E-state index is 13.5. The molecule has 0 aliphatic carbocycles. The summed E-state index contributed by atoms with van der Waals surface area (Å²) in [4.78, 5) is 4.63. The van der Waals surface area contributed by atoms with E-state index in [1.807, 2.05) is 50.2 Å². The van der Waals surface area contributed by atoms with E-state index in [1.165, 1.54) is 0 Å². The van der Waals surface area contributed by atoms with Crippen molar-refractivity contribution in [3.05, 3.63) is 88.9 Å². The summed E-state index contributed by atoms with van der Waals surface area (Å²) in [7, 11) is -3.96. The second-order valence-electron chi connectivity index (χ2n) is 9.18. The molecule has 0 saturated carbocycles. The molecule has 0 spiro atoms. The zero-order valence-corrected chi connectivity index (χ0v) is 23.0. The number of nitrogens with one attached hydrogen (secondary N) is 2. The molecule has 2 N–H and O–H groups in total. The lowest BCUT2D eigenvalue weighted by atomic mass is 9.97. The van der Waals surface area contributed by atoms with Gasteiger partial charge in [-0.3, -0.25) is 4.72 Å². The van der Waals surface area contributed by atoms with Crippen LogP contribution < -0.4 is 10.0 Å². The predicted molar refractivity (Wildman–Crippen MR) is 149 cm³/mol. The van der Waals surface area contributed by atoms with Crippen LogP contribution in [0.1, 0.15) is 35.1 Å². The summed E-state index contributed by atoms with van der Waals surface area (Å²) in [5.41, 5.74) is 5.53. The number of aromatic nitrogens is 4. The van der Waals surface area contributed by atoms with E-state index in [0.717, 1.165) is 33.8 Å². The molecule has 0 bridgehead atoms. The number of fused-ring (bicyclic) bond motifs is 1. The van der Waals surface area contributed by atoms with Gasteiger partial charge in [0.2, 0.25) is 0 Å². The third kappa shape index (κ3) is 5.50. The van der Waals surface area contributed by atoms with E-state index in [-0.39, 0.29) is 10.7 Å². The Morgan fingerprint density at radius 2 is 1.85 bits per heavy atom. The molecule has 10 nitrogen and oxygen atoms in total. The lowest BCUT2D eigenvalue weighted by molar-refractivity contribution is 0.134. The zero-order chi connectivity index (χ0) is 27.6. The third-order valence-corrected chi connectivity index (χ3v) is 7.84. The minimum absolute atomic E-state index is 0.141. The van der Waals surface area contributed by atoms with Gasteiger partial charge in [0.05, 0.1) is 17.7 Å². The molecule has 0 atom stereocenters. The Labute approximate surface area is 227 Å². The van der Waals surface area contributed by atoms with E-state index in [9.17, 15) is 8.42 Å². The first-order valence-electron chi connectivity index (χ1n) is 12.6. The first-order valence-corrected chi connectivity index (χ1v) is 14.0. The Morgan fingerprint density at radius 1 is 1.03 bits per heavy atom. The summed E-state index contributed by atoms with van der Waals surface area (Å²) in [5, 5.41) is 11.7. The maximum Gasteiger partial charge on any atom is 0.263 e. The van der Waals surface area contributed by atoms with E-state index in [4.69, 9.17) is 9.26 Å². The quantitative estimate of drug-likeness (QED) is 0.243. The molecule has 39 heavy (non-hydrogen) atoms. The molecule has 0 saturated heterocycles. The van der Waals surface area contributed by atoms with Gasteiger partial charge in [-0.15, -0.1) is 0 Å². The zero-order valence-electron chi connectivity index (χ0n) is 22.2. The van der Waals surface area contributed by atoms with Crippen molar-refractivity contribution >= 4 is 27.3 Å². The molecule has 0 radical (unpaired) electrons. The fourth-order valence-corrected chi connectivity index (χ4v) is 5.61. The van der Waals surface area contributed by atoms with Crippen LogP contribution in [0.2, 0.25) is 0 Å². The van der Waals surface area contributed by atoms with Gasteiger partial charge in [0.15, 0.2) is 11.5 Å². The van der Waals surface area contributed by atoms with Gasteiger partial charge >= 0.3 is 0 Å². The molecule has 2 aromatic carbocycles. The summed E-state index contributed by atoms with van der Waals surface area (Å²) in [6.07, 6.45) is 1.72. The molecule has 3 aromatic heterocycles. The predicted octanol–water partition coefficient (Wildman–Crippen LogP) is 5.26. The van der Waals surface area contributed by atoms with Crippen molar-refractivity contribution in [2.75, 3.05) is 16.6 Å². The second-order valence-corrected chi connectivity index (χ2v) is 10.8. The number of benzene rings is 2. The first kappa shape index (κ1) is 26.4. The maximum absolute atomic E-state index is 13.5. The van der Waals surface area contributed by atoms with Crippen LogP contribution in [0.5, 0.6) is 0 Å². The van der Waals surface area contributed by atoms with Gasteiger partial charge in [-0.25, -0.2) is 13.4 Å². The van der Waals surface area contributed by atoms with Gasteiger partial charge in [0.25, 0.3) is 10.0 Å². The van der Waals surface area contributed by atoms with Gasteiger partial charge in [0.1, 0.15) is 11.6 Å². The molecule has 0 unspecified atom stereocenters. The first-order chi connectivity index (χ1) is 18.8. The second kappa shape index (κ2) is 10.9. The highest BCUT2D eigenvalue weighted by atomic mass is 32.2. The average molecular weight is 547 g/mol. The van der Waals surface area contributed by atoms with Crippen molar-refractivity contribution in [2.45, 2.75) is 45.7 Å². The number of hydrogen-bond donors (Lipinski definition) is 2. The van der Waals surface area contributed by atoms with Crippen molar-refractivity contribution in [1.29, 1.82) is 0 Å². The van der Waals surface area contributed by atoms with Crippen LogP contribution >= 0.6 is 0 Å². The Bertz CT molecular complexity index is 1740. The van der Waals surface area contributed by atoms with E-state index >= 15 is 0 Å². The molecule has 0 amide bonds. The monoisotopic (exact) mass is 546 g/mol. The molecule has 11 heteroatoms. The highest BCUT2D eigenvalue weighted by molar-refractivity contribution is 7.92. The minimum Gasteiger partial charge on any atom is -0.377 e. The van der Waals surface area contributed by atoms with Crippen LogP contribution in [0, 0.1) is 20.8 Å². The molecule has 0 aliphatic rings. The topological polar surface area (TPSA) is 124 Å². The van der Waals surface area contributed by atoms with Crippen molar-refractivity contribution in [3.8, 4) is 11.1 Å². The van der Waals surface area contributed by atoms with Crippen LogP contribution in [-0.2, 0) is 27.9 Å². The summed E-state index contributed by atoms with van der Waals surface area (Å²) in [5.74, 6) is 1.56. The Morgan fingerprint density at radius 3 is 2.62 bits per heavy atom. The smallest absolute Gasteiger partial charge is 0.263 e. The fourth-order valence-electron chi connectivity index (χ4n) is 4.33. The number of aryl methyl sites for hydroxylation is 2. The van der Waals surface area contributed by atoms with Gasteiger partial charge in [0, 0.05) is 42.1 Å². The largest absolute Gasteiger partial charge is 0.377 e. The highest BCUT2D eigenvalue weighted by Gasteiger charge is 2.23. The number of anilines is 2. The van der Waals surface area contributed by atoms with Gasteiger partial charge in [-0.05, 0) is 50.5 Å². The number of rotatable bonds is 10.